The van der Waals surface area contributed by atoms with Crippen molar-refractivity contribution in [3.8, 4) is 0 Å². The van der Waals surface area contributed by atoms with Crippen LogP contribution in [0, 0.1) is 5.41 Å². The van der Waals surface area contributed by atoms with Crippen molar-refractivity contribution in [3.63, 3.8) is 0 Å². The number of carbonyl (C=O) groups excluding carboxylic acids is 4. The van der Waals surface area contributed by atoms with E-state index in [9.17, 15) is 19.2 Å². The number of amides is 2. The molecule has 4 rings (SSSR count). The zero-order valence-corrected chi connectivity index (χ0v) is 28.1. The molecule has 0 bridgehead atoms. The van der Waals surface area contributed by atoms with Crippen LogP contribution in [0.5, 0.6) is 0 Å². The van der Waals surface area contributed by atoms with Gasteiger partial charge in [0.1, 0.15) is 5.60 Å². The van der Waals surface area contributed by atoms with Crippen LogP contribution in [-0.4, -0.2) is 57.2 Å². The van der Waals surface area contributed by atoms with Gasteiger partial charge in [-0.3, -0.25) is 24.1 Å². The molecule has 0 saturated heterocycles. The van der Waals surface area contributed by atoms with Gasteiger partial charge in [-0.25, -0.2) is 0 Å². The first-order chi connectivity index (χ1) is 19.8. The number of carbonyl (C=O) groups is 4. The number of halogens is 1. The zero-order valence-electron chi connectivity index (χ0n) is 25.5. The van der Waals surface area contributed by atoms with Gasteiger partial charge in [0, 0.05) is 16.9 Å². The Hall–Kier alpha value is -2.82. The van der Waals surface area contributed by atoms with E-state index in [-0.39, 0.29) is 29.5 Å². The molecule has 1 fully saturated rings. The normalized spacial score (nSPS) is 21.8. The van der Waals surface area contributed by atoms with E-state index >= 15 is 0 Å². The van der Waals surface area contributed by atoms with Gasteiger partial charge in [-0.2, -0.15) is 0 Å². The van der Waals surface area contributed by atoms with Crippen LogP contribution < -0.4 is 0 Å². The Kier molecular flexibility index (Phi) is 8.94. The number of benzene rings is 2. The zero-order chi connectivity index (χ0) is 31.2. The van der Waals surface area contributed by atoms with E-state index < -0.39 is 49.1 Å². The second kappa shape index (κ2) is 11.7. The number of fused-ring (bicyclic) bond motifs is 1. The summed E-state index contributed by atoms with van der Waals surface area (Å²) < 4.78 is 19.0. The van der Waals surface area contributed by atoms with Gasteiger partial charge in [0.15, 0.2) is 5.41 Å². The topological polar surface area (TPSA) is 99.2 Å². The molecule has 0 N–H and O–H groups in total. The van der Waals surface area contributed by atoms with E-state index in [0.29, 0.717) is 21.2 Å². The average molecular weight is 659 g/mol. The minimum absolute atomic E-state index is 0.00614. The van der Waals surface area contributed by atoms with Gasteiger partial charge in [0.25, 0.3) is 11.8 Å². The number of nitrogens with zero attached hydrogens (tertiary/aromatic N) is 1. The van der Waals surface area contributed by atoms with E-state index in [2.05, 4.69) is 57.5 Å². The second-order valence-electron chi connectivity index (χ2n) is 12.2. The summed E-state index contributed by atoms with van der Waals surface area (Å²) in [6.07, 6.45) is -0.204. The fourth-order valence-electron chi connectivity index (χ4n) is 7.71. The molecule has 2 aromatic rings. The van der Waals surface area contributed by atoms with Gasteiger partial charge in [-0.15, -0.1) is 0 Å². The molecule has 8 nitrogen and oxygen atoms in total. The number of hydrogen-bond donors (Lipinski definition) is 0. The molecule has 0 radical (unpaired) electrons. The third-order valence-electron chi connectivity index (χ3n) is 9.38. The van der Waals surface area contributed by atoms with Gasteiger partial charge < -0.3 is 13.9 Å². The first kappa shape index (κ1) is 32.1. The van der Waals surface area contributed by atoms with Crippen molar-refractivity contribution in [2.24, 2.45) is 5.41 Å². The van der Waals surface area contributed by atoms with Crippen molar-refractivity contribution in [1.82, 2.24) is 4.90 Å². The van der Waals surface area contributed by atoms with Crippen molar-refractivity contribution in [2.75, 3.05) is 14.2 Å². The molecule has 0 unspecified atom stereocenters. The van der Waals surface area contributed by atoms with Crippen LogP contribution >= 0.6 is 15.9 Å². The van der Waals surface area contributed by atoms with Crippen molar-refractivity contribution in [1.29, 1.82) is 0 Å². The first-order valence-corrected chi connectivity index (χ1v) is 17.3. The summed E-state index contributed by atoms with van der Waals surface area (Å²) in [7, 11) is -0.413. The predicted octanol–water partition coefficient (Wildman–Crippen LogP) is 6.63. The lowest BCUT2D eigenvalue weighted by atomic mass is 9.70. The van der Waals surface area contributed by atoms with Crippen LogP contribution in [0.4, 0.5) is 0 Å². The fraction of sp³-hybridized carbons (Fsp3) is 0.500. The van der Waals surface area contributed by atoms with Gasteiger partial charge >= 0.3 is 11.9 Å². The monoisotopic (exact) mass is 657 g/mol. The lowest BCUT2D eigenvalue weighted by Crippen LogP contribution is -2.62. The fourth-order valence-corrected chi connectivity index (χ4v) is 14.0. The molecule has 2 aliphatic rings. The maximum Gasteiger partial charge on any atom is 0.326 e. The lowest BCUT2D eigenvalue weighted by Gasteiger charge is -2.52. The van der Waals surface area contributed by atoms with Crippen molar-refractivity contribution in [2.45, 2.75) is 82.7 Å². The number of methoxy groups -OCH3 is 2. The Morgan fingerprint density at radius 3 is 1.69 bits per heavy atom. The number of hydrogen-bond acceptors (Lipinski definition) is 7. The van der Waals surface area contributed by atoms with Gasteiger partial charge in [0.2, 0.25) is 8.32 Å². The highest BCUT2D eigenvalue weighted by Crippen LogP contribution is 2.63. The number of esters is 2. The number of rotatable bonds is 9. The van der Waals surface area contributed by atoms with Gasteiger partial charge in [-0.05, 0) is 46.8 Å². The minimum Gasteiger partial charge on any atom is -0.468 e. The molecule has 2 atom stereocenters. The van der Waals surface area contributed by atoms with Crippen LogP contribution in [-0.2, 0) is 29.1 Å². The molecule has 1 aliphatic carbocycles. The molecule has 1 heterocycles. The largest absolute Gasteiger partial charge is 0.468 e. The Morgan fingerprint density at radius 2 is 1.26 bits per heavy atom. The summed E-state index contributed by atoms with van der Waals surface area (Å²) in [4.78, 5) is 57.0. The summed E-state index contributed by atoms with van der Waals surface area (Å²) in [5, 5.41) is 0. The highest BCUT2D eigenvalue weighted by atomic mass is 79.9. The lowest BCUT2D eigenvalue weighted by molar-refractivity contribution is -0.186. The molecule has 10 heteroatoms. The molecule has 42 heavy (non-hydrogen) atoms. The van der Waals surface area contributed by atoms with E-state index in [4.69, 9.17) is 13.9 Å². The van der Waals surface area contributed by atoms with Gasteiger partial charge in [0.05, 0.1) is 25.3 Å². The molecule has 2 aromatic carbocycles. The van der Waals surface area contributed by atoms with Gasteiger partial charge in [-0.1, -0.05) is 87.8 Å². The Morgan fingerprint density at radius 1 is 0.810 bits per heavy atom. The standard InChI is InChI=1S/C32H40BrNO7Si/c1-19(2)42(20(3)4,21(5)6)41-32(25-15-11-12-16-26(25)33)18-22(17-31(32,29(37)39-7)30(38)40-8)34-27(35)23-13-9-10-14-24(23)28(34)36/h9-16,19-22H,17-18H2,1-8H3/t22-,32-/m0/s1. The Balaban J connectivity index is 2.09. The number of ether oxygens (including phenoxy) is 2. The maximum absolute atomic E-state index is 14.2. The predicted molar refractivity (Wildman–Crippen MR) is 164 cm³/mol. The highest BCUT2D eigenvalue weighted by Gasteiger charge is 2.74. The van der Waals surface area contributed by atoms with Crippen molar-refractivity contribution >= 4 is 48.0 Å². The third kappa shape index (κ3) is 4.48. The van der Waals surface area contributed by atoms with E-state index in [1.165, 1.54) is 19.1 Å². The number of imide groups is 1. The highest BCUT2D eigenvalue weighted by molar-refractivity contribution is 9.10. The Bertz CT molecular complexity index is 1330. The maximum atomic E-state index is 14.2. The molecule has 1 aliphatic heterocycles. The van der Waals surface area contributed by atoms with Crippen LogP contribution in [0.1, 0.15) is 80.7 Å². The summed E-state index contributed by atoms with van der Waals surface area (Å²) >= 11 is 3.69. The van der Waals surface area contributed by atoms with E-state index in [0.717, 1.165) is 0 Å². The molecule has 1 saturated carbocycles. The van der Waals surface area contributed by atoms with Crippen LogP contribution in [0.3, 0.4) is 0 Å². The second-order valence-corrected chi connectivity index (χ2v) is 18.4. The molecular weight excluding hydrogens is 618 g/mol. The summed E-state index contributed by atoms with van der Waals surface area (Å²) in [5.74, 6) is -2.59. The summed E-state index contributed by atoms with van der Waals surface area (Å²) in [5.41, 5.74) is -2.23. The van der Waals surface area contributed by atoms with Crippen LogP contribution in [0.25, 0.3) is 0 Å². The molecule has 0 aromatic heterocycles. The van der Waals surface area contributed by atoms with E-state index in [1.807, 2.05) is 24.3 Å². The van der Waals surface area contributed by atoms with Crippen LogP contribution in [0.2, 0.25) is 16.6 Å². The smallest absolute Gasteiger partial charge is 0.326 e. The first-order valence-electron chi connectivity index (χ1n) is 14.4. The Labute approximate surface area is 257 Å². The molecule has 0 spiro atoms. The van der Waals surface area contributed by atoms with E-state index in [1.54, 1.807) is 24.3 Å². The van der Waals surface area contributed by atoms with Crippen molar-refractivity contribution < 1.29 is 33.1 Å². The summed E-state index contributed by atoms with van der Waals surface area (Å²) in [6.45, 7) is 12.7. The third-order valence-corrected chi connectivity index (χ3v) is 16.2. The molecular formula is C32H40BrNO7Si. The van der Waals surface area contributed by atoms with Crippen molar-refractivity contribution in [3.05, 3.63) is 69.7 Å². The minimum atomic E-state index is -2.87. The quantitative estimate of drug-likeness (QED) is 0.129. The van der Waals surface area contributed by atoms with Crippen LogP contribution in [0.15, 0.2) is 53.0 Å². The molecule has 2 amide bonds. The summed E-state index contributed by atoms with van der Waals surface area (Å²) in [6, 6.07) is 13.1. The molecule has 226 valence electrons. The average Bonchev–Trinajstić information content (AvgIpc) is 3.42. The SMILES string of the molecule is COC(=O)C1(C(=O)OC)C[C@H](N2C(=O)c3ccccc3C2=O)C[C@]1(O[Si](C(C)C)(C(C)C)C(C)C)c1ccccc1Br.